The Morgan fingerprint density at radius 1 is 1.58 bits per heavy atom. The van der Waals surface area contributed by atoms with Gasteiger partial charge in [-0.2, -0.15) is 5.26 Å². The monoisotopic (exact) mass is 158 g/mol. The lowest BCUT2D eigenvalue weighted by Crippen LogP contribution is -2.13. The molecule has 0 saturated carbocycles. The van der Waals surface area contributed by atoms with E-state index >= 15 is 0 Å². The van der Waals surface area contributed by atoms with Gasteiger partial charge in [-0.3, -0.25) is 4.98 Å². The van der Waals surface area contributed by atoms with E-state index in [-0.39, 0.29) is 5.92 Å². The van der Waals surface area contributed by atoms with Crippen molar-refractivity contribution < 1.29 is 0 Å². The highest BCUT2D eigenvalue weighted by Crippen LogP contribution is 2.22. The summed E-state index contributed by atoms with van der Waals surface area (Å²) < 4.78 is 0. The smallest absolute Gasteiger partial charge is 0.0660 e. The topological polar surface area (TPSA) is 36.7 Å². The van der Waals surface area contributed by atoms with E-state index in [1.54, 1.807) is 6.20 Å². The van der Waals surface area contributed by atoms with Crippen LogP contribution in [0.5, 0.6) is 0 Å². The molecule has 12 heavy (non-hydrogen) atoms. The van der Waals surface area contributed by atoms with Crippen LogP contribution >= 0.6 is 0 Å². The van der Waals surface area contributed by atoms with Gasteiger partial charge >= 0.3 is 0 Å². The van der Waals surface area contributed by atoms with Crippen molar-refractivity contribution in [3.05, 3.63) is 29.6 Å². The molecule has 0 saturated heterocycles. The summed E-state index contributed by atoms with van der Waals surface area (Å²) in [6.45, 7) is 0. The van der Waals surface area contributed by atoms with Gasteiger partial charge in [-0.25, -0.2) is 0 Å². The summed E-state index contributed by atoms with van der Waals surface area (Å²) in [5, 5.41) is 8.74. The fourth-order valence-electron chi connectivity index (χ4n) is 1.66. The van der Waals surface area contributed by atoms with Gasteiger partial charge in [-0.05, 0) is 24.5 Å². The Labute approximate surface area is 71.9 Å². The number of aryl methyl sites for hydroxylation is 1. The number of pyridine rings is 1. The van der Waals surface area contributed by atoms with Crippen LogP contribution in [-0.2, 0) is 12.8 Å². The summed E-state index contributed by atoms with van der Waals surface area (Å²) in [5.41, 5.74) is 2.44. The summed E-state index contributed by atoms with van der Waals surface area (Å²) in [7, 11) is 0. The van der Waals surface area contributed by atoms with Gasteiger partial charge in [0.25, 0.3) is 0 Å². The van der Waals surface area contributed by atoms with Crippen molar-refractivity contribution in [3.8, 4) is 6.07 Å². The Hall–Kier alpha value is -1.36. The molecular formula is C10H10N2. The van der Waals surface area contributed by atoms with Crippen LogP contribution in [0.3, 0.4) is 0 Å². The van der Waals surface area contributed by atoms with Gasteiger partial charge < -0.3 is 0 Å². The summed E-state index contributed by atoms with van der Waals surface area (Å²) in [4.78, 5) is 4.27. The normalized spacial score (nSPS) is 21.1. The van der Waals surface area contributed by atoms with Gasteiger partial charge in [0.05, 0.1) is 12.0 Å². The summed E-state index contributed by atoms with van der Waals surface area (Å²) in [6.07, 6.45) is 4.65. The average molecular weight is 158 g/mol. The summed E-state index contributed by atoms with van der Waals surface area (Å²) in [5.74, 6) is 0.187. The Morgan fingerprint density at radius 3 is 3.33 bits per heavy atom. The number of fused-ring (bicyclic) bond motifs is 1. The van der Waals surface area contributed by atoms with E-state index in [4.69, 9.17) is 5.26 Å². The van der Waals surface area contributed by atoms with E-state index in [9.17, 15) is 0 Å². The van der Waals surface area contributed by atoms with Crippen LogP contribution in [0, 0.1) is 17.2 Å². The maximum Gasteiger partial charge on any atom is 0.0660 e. The first-order valence-electron chi connectivity index (χ1n) is 4.22. The Balaban J connectivity index is 2.30. The third-order valence-corrected chi connectivity index (χ3v) is 2.37. The molecule has 0 fully saturated rings. The van der Waals surface area contributed by atoms with Gasteiger partial charge in [0.15, 0.2) is 0 Å². The highest BCUT2D eigenvalue weighted by Gasteiger charge is 2.18. The third-order valence-electron chi connectivity index (χ3n) is 2.37. The van der Waals surface area contributed by atoms with E-state index in [1.165, 1.54) is 5.56 Å². The highest BCUT2D eigenvalue weighted by molar-refractivity contribution is 5.24. The molecule has 1 aromatic rings. The minimum absolute atomic E-state index is 0.187. The number of hydrogen-bond acceptors (Lipinski definition) is 2. The number of hydrogen-bond donors (Lipinski definition) is 0. The second-order valence-electron chi connectivity index (χ2n) is 3.18. The first-order chi connectivity index (χ1) is 5.90. The molecule has 0 amide bonds. The van der Waals surface area contributed by atoms with Crippen molar-refractivity contribution in [1.82, 2.24) is 4.98 Å². The molecule has 1 unspecified atom stereocenters. The fraction of sp³-hybridized carbons (Fsp3) is 0.400. The van der Waals surface area contributed by atoms with E-state index in [2.05, 4.69) is 17.1 Å². The maximum atomic E-state index is 8.74. The quantitative estimate of drug-likeness (QED) is 0.576. The fourth-order valence-corrected chi connectivity index (χ4v) is 1.66. The highest BCUT2D eigenvalue weighted by atomic mass is 14.7. The number of nitrogens with zero attached hydrogens (tertiary/aromatic N) is 2. The summed E-state index contributed by atoms with van der Waals surface area (Å²) >= 11 is 0. The molecule has 1 aliphatic rings. The predicted octanol–water partition coefficient (Wildman–Crippen LogP) is 1.71. The number of nitriles is 1. The van der Waals surface area contributed by atoms with Crippen LogP contribution in [0.25, 0.3) is 0 Å². The van der Waals surface area contributed by atoms with Crippen molar-refractivity contribution in [2.75, 3.05) is 0 Å². The SMILES string of the molecule is N#CC1CCc2cccnc2C1. The molecule has 1 atom stereocenters. The molecule has 0 N–H and O–H groups in total. The van der Waals surface area contributed by atoms with Gasteiger partial charge in [0.2, 0.25) is 0 Å². The molecular weight excluding hydrogens is 148 g/mol. The molecule has 2 rings (SSSR count). The second kappa shape index (κ2) is 2.94. The van der Waals surface area contributed by atoms with Crippen molar-refractivity contribution in [2.24, 2.45) is 5.92 Å². The lowest BCUT2D eigenvalue weighted by Gasteiger charge is -2.17. The first-order valence-corrected chi connectivity index (χ1v) is 4.22. The lowest BCUT2D eigenvalue weighted by molar-refractivity contribution is 0.553. The summed E-state index contributed by atoms with van der Waals surface area (Å²) in [6, 6.07) is 6.38. The standard InChI is InChI=1S/C10H10N2/c11-7-8-3-4-9-2-1-5-12-10(9)6-8/h1-2,5,8H,3-4,6H2. The van der Waals surface area contributed by atoms with Crippen LogP contribution in [0.2, 0.25) is 0 Å². The molecule has 0 radical (unpaired) electrons. The molecule has 1 aromatic heterocycles. The van der Waals surface area contributed by atoms with Crippen LogP contribution in [-0.4, -0.2) is 4.98 Å². The number of aromatic nitrogens is 1. The average Bonchev–Trinajstić information content (AvgIpc) is 2.17. The zero-order valence-corrected chi connectivity index (χ0v) is 6.83. The van der Waals surface area contributed by atoms with Gasteiger partial charge in [0.1, 0.15) is 0 Å². The molecule has 0 aromatic carbocycles. The molecule has 0 spiro atoms. The zero-order chi connectivity index (χ0) is 8.39. The molecule has 1 heterocycles. The lowest BCUT2D eigenvalue weighted by atomic mass is 9.88. The Morgan fingerprint density at radius 2 is 2.50 bits per heavy atom. The van der Waals surface area contributed by atoms with Crippen molar-refractivity contribution >= 4 is 0 Å². The van der Waals surface area contributed by atoms with E-state index in [1.807, 2.05) is 6.07 Å². The molecule has 0 aliphatic heterocycles. The minimum Gasteiger partial charge on any atom is -0.261 e. The van der Waals surface area contributed by atoms with Crippen LogP contribution in [0.4, 0.5) is 0 Å². The van der Waals surface area contributed by atoms with Crippen LogP contribution < -0.4 is 0 Å². The van der Waals surface area contributed by atoms with Crippen LogP contribution in [0.15, 0.2) is 18.3 Å². The maximum absolute atomic E-state index is 8.74. The molecule has 0 bridgehead atoms. The van der Waals surface area contributed by atoms with Crippen molar-refractivity contribution in [3.63, 3.8) is 0 Å². The largest absolute Gasteiger partial charge is 0.261 e. The van der Waals surface area contributed by atoms with E-state index < -0.39 is 0 Å². The van der Waals surface area contributed by atoms with Gasteiger partial charge in [-0.1, -0.05) is 6.07 Å². The molecule has 1 aliphatic carbocycles. The predicted molar refractivity (Wildman–Crippen MR) is 45.4 cm³/mol. The zero-order valence-electron chi connectivity index (χ0n) is 6.83. The second-order valence-corrected chi connectivity index (χ2v) is 3.18. The number of rotatable bonds is 0. The van der Waals surface area contributed by atoms with E-state index in [0.29, 0.717) is 0 Å². The third kappa shape index (κ3) is 1.18. The van der Waals surface area contributed by atoms with Gasteiger partial charge in [0, 0.05) is 18.3 Å². The van der Waals surface area contributed by atoms with Crippen LogP contribution in [0.1, 0.15) is 17.7 Å². The molecule has 60 valence electrons. The van der Waals surface area contributed by atoms with Crippen molar-refractivity contribution in [1.29, 1.82) is 5.26 Å². The molecule has 2 nitrogen and oxygen atoms in total. The Kier molecular flexibility index (Phi) is 1.79. The first kappa shape index (κ1) is 7.30. The molecule has 2 heteroatoms. The van der Waals surface area contributed by atoms with Crippen molar-refractivity contribution in [2.45, 2.75) is 19.3 Å². The van der Waals surface area contributed by atoms with E-state index in [0.717, 1.165) is 25.0 Å². The van der Waals surface area contributed by atoms with Gasteiger partial charge in [-0.15, -0.1) is 0 Å². The Bertz CT molecular complexity index is 325. The minimum atomic E-state index is 0.187.